The molecular weight excluding hydrogens is 270 g/mol. The Morgan fingerprint density at radius 3 is 2.90 bits per heavy atom. The van der Waals surface area contributed by atoms with Gasteiger partial charge in [0.2, 0.25) is 0 Å². The number of aromatic nitrogens is 2. The molecule has 0 aliphatic carbocycles. The number of carbonyl (C=O) groups is 1. The lowest BCUT2D eigenvalue weighted by Gasteiger charge is -2.33. The van der Waals surface area contributed by atoms with Gasteiger partial charge in [-0.3, -0.25) is 9.58 Å². The molecule has 0 spiro atoms. The zero-order valence-electron chi connectivity index (χ0n) is 10.9. The molecule has 2 aliphatic rings. The third-order valence-corrected chi connectivity index (χ3v) is 3.94. The highest BCUT2D eigenvalue weighted by atomic mass is 19.3. The third-order valence-electron chi connectivity index (χ3n) is 3.94. The summed E-state index contributed by atoms with van der Waals surface area (Å²) in [6.45, 7) is 0.0727. The number of hydrogen-bond donors (Lipinski definition) is 2. The number of urea groups is 1. The number of alkyl halides is 2. The molecule has 8 heteroatoms. The number of hydrogen-bond acceptors (Lipinski definition) is 3. The second-order valence-corrected chi connectivity index (χ2v) is 5.28. The van der Waals surface area contributed by atoms with Crippen molar-refractivity contribution in [1.82, 2.24) is 14.7 Å². The summed E-state index contributed by atoms with van der Waals surface area (Å²) in [5, 5.41) is 13.9. The molecule has 0 saturated heterocycles. The molecule has 1 aromatic rings. The number of nitrogens with two attached hydrogens (primary N) is 1. The van der Waals surface area contributed by atoms with Gasteiger partial charge >= 0.3 is 12.1 Å². The maximum Gasteiger partial charge on any atom is 0.359 e. The summed E-state index contributed by atoms with van der Waals surface area (Å²) < 4.78 is 30.4. The van der Waals surface area contributed by atoms with Crippen molar-refractivity contribution in [2.75, 3.05) is 6.54 Å². The van der Waals surface area contributed by atoms with Crippen molar-refractivity contribution >= 4 is 6.03 Å². The molecule has 3 rings (SSSR count). The van der Waals surface area contributed by atoms with Crippen LogP contribution in [0.1, 0.15) is 29.8 Å². The fourth-order valence-corrected chi connectivity index (χ4v) is 3.02. The predicted octanol–water partition coefficient (Wildman–Crippen LogP) is 0.566. The van der Waals surface area contributed by atoms with Gasteiger partial charge in [0.15, 0.2) is 0 Å². The fraction of sp³-hybridized carbons (Fsp3) is 0.667. The van der Waals surface area contributed by atoms with E-state index >= 15 is 0 Å². The monoisotopic (exact) mass is 286 g/mol. The molecule has 6 nitrogen and oxygen atoms in total. The summed E-state index contributed by atoms with van der Waals surface area (Å²) >= 11 is 0. The summed E-state index contributed by atoms with van der Waals surface area (Å²) in [5.41, 5.74) is 5.55. The van der Waals surface area contributed by atoms with Crippen molar-refractivity contribution in [3.05, 3.63) is 17.0 Å². The van der Waals surface area contributed by atoms with E-state index in [-0.39, 0.29) is 25.1 Å². The van der Waals surface area contributed by atoms with Crippen molar-refractivity contribution in [3.8, 4) is 0 Å². The number of amides is 2. The van der Waals surface area contributed by atoms with Crippen molar-refractivity contribution in [3.63, 3.8) is 0 Å². The maximum absolute atomic E-state index is 14.5. The molecule has 0 saturated carbocycles. The number of nitrogens with zero attached hydrogens (tertiary/aromatic N) is 3. The molecule has 0 radical (unpaired) electrons. The molecule has 0 aromatic carbocycles. The molecular formula is C12H16F2N4O2. The first-order valence-corrected chi connectivity index (χ1v) is 6.63. The van der Waals surface area contributed by atoms with Gasteiger partial charge in [0, 0.05) is 13.0 Å². The molecule has 20 heavy (non-hydrogen) atoms. The average Bonchev–Trinajstić information content (AvgIpc) is 2.58. The topological polar surface area (TPSA) is 84.4 Å². The van der Waals surface area contributed by atoms with Gasteiger partial charge in [-0.25, -0.2) is 4.79 Å². The maximum atomic E-state index is 14.5. The minimum atomic E-state index is -3.43. The number of rotatable bonds is 0. The van der Waals surface area contributed by atoms with Gasteiger partial charge < -0.3 is 10.8 Å². The molecule has 3 N–H and O–H groups in total. The molecule has 2 amide bonds. The Morgan fingerprint density at radius 2 is 2.20 bits per heavy atom. The van der Waals surface area contributed by atoms with Crippen LogP contribution in [-0.4, -0.2) is 38.5 Å². The zero-order chi connectivity index (χ0) is 14.5. The van der Waals surface area contributed by atoms with Gasteiger partial charge in [-0.2, -0.15) is 13.9 Å². The summed E-state index contributed by atoms with van der Waals surface area (Å²) in [6.07, 6.45) is 1.28. The van der Waals surface area contributed by atoms with Crippen LogP contribution in [-0.2, 0) is 25.4 Å². The van der Waals surface area contributed by atoms with E-state index in [0.29, 0.717) is 35.6 Å². The number of primary amides is 1. The first-order valence-electron chi connectivity index (χ1n) is 6.63. The molecule has 0 fully saturated rings. The van der Waals surface area contributed by atoms with E-state index in [2.05, 4.69) is 5.10 Å². The lowest BCUT2D eigenvalue weighted by Crippen LogP contribution is -2.50. The lowest BCUT2D eigenvalue weighted by atomic mass is 10.00. The minimum Gasteiger partial charge on any atom is -0.391 e. The van der Waals surface area contributed by atoms with Crippen LogP contribution in [0.2, 0.25) is 0 Å². The van der Waals surface area contributed by atoms with Gasteiger partial charge in [0.1, 0.15) is 0 Å². The highest BCUT2D eigenvalue weighted by Crippen LogP contribution is 2.41. The van der Waals surface area contributed by atoms with E-state index in [1.807, 2.05) is 0 Å². The summed E-state index contributed by atoms with van der Waals surface area (Å²) in [4.78, 5) is 11.6. The number of halogens is 2. The Hall–Kier alpha value is -1.70. The van der Waals surface area contributed by atoms with Crippen molar-refractivity contribution in [2.45, 2.75) is 44.4 Å². The number of fused-ring (bicyclic) bond motifs is 3. The predicted molar refractivity (Wildman–Crippen MR) is 65.1 cm³/mol. The summed E-state index contributed by atoms with van der Waals surface area (Å²) in [6, 6.07) is -4.56. The van der Waals surface area contributed by atoms with Gasteiger partial charge in [-0.1, -0.05) is 0 Å². The number of aliphatic hydroxyl groups excluding tert-OH is 1. The van der Waals surface area contributed by atoms with Gasteiger partial charge in [-0.05, 0) is 19.3 Å². The lowest BCUT2D eigenvalue weighted by molar-refractivity contribution is -0.133. The van der Waals surface area contributed by atoms with E-state index in [1.165, 1.54) is 4.68 Å². The Balaban J connectivity index is 2.09. The van der Waals surface area contributed by atoms with E-state index in [0.717, 1.165) is 0 Å². The summed E-state index contributed by atoms with van der Waals surface area (Å²) in [7, 11) is 0. The average molecular weight is 286 g/mol. The second-order valence-electron chi connectivity index (χ2n) is 5.28. The smallest absolute Gasteiger partial charge is 0.359 e. The molecule has 1 unspecified atom stereocenters. The number of aliphatic hydroxyl groups is 1. The zero-order valence-corrected chi connectivity index (χ0v) is 10.9. The van der Waals surface area contributed by atoms with Crippen LogP contribution in [0.25, 0.3) is 0 Å². The highest BCUT2D eigenvalue weighted by molar-refractivity contribution is 5.73. The molecule has 0 bridgehead atoms. The minimum absolute atomic E-state index is 0.145. The summed E-state index contributed by atoms with van der Waals surface area (Å²) in [5.74, 6) is 0. The Morgan fingerprint density at radius 1 is 1.45 bits per heavy atom. The van der Waals surface area contributed by atoms with Crippen molar-refractivity contribution in [2.24, 2.45) is 5.73 Å². The Bertz CT molecular complexity index is 558. The molecule has 1 atom stereocenters. The fourth-order valence-electron chi connectivity index (χ4n) is 3.02. The van der Waals surface area contributed by atoms with Gasteiger partial charge in [0.25, 0.3) is 0 Å². The van der Waals surface area contributed by atoms with Crippen LogP contribution in [0.4, 0.5) is 13.6 Å². The first kappa shape index (κ1) is 13.3. The Labute approximate surface area is 114 Å². The van der Waals surface area contributed by atoms with Crippen LogP contribution < -0.4 is 5.73 Å². The van der Waals surface area contributed by atoms with E-state index in [1.54, 1.807) is 0 Å². The normalized spacial score (nSPS) is 24.8. The van der Waals surface area contributed by atoms with Crippen LogP contribution in [0, 0.1) is 0 Å². The van der Waals surface area contributed by atoms with Gasteiger partial charge in [0.05, 0.1) is 29.6 Å². The molecule has 1 aromatic heterocycles. The van der Waals surface area contributed by atoms with Crippen molar-refractivity contribution in [1.29, 1.82) is 0 Å². The molecule has 3 heterocycles. The first-order chi connectivity index (χ1) is 9.41. The standard InChI is InChI=1S/C12H16F2N4O2/c13-12(14)10-8(4-5-17(12)11(15)20)16-18-6-7(19)2-1-3-9(10)18/h7,19H,1-6H2,(H2,15,20). The van der Waals surface area contributed by atoms with E-state index in [9.17, 15) is 18.7 Å². The number of carbonyl (C=O) groups excluding carboxylic acids is 1. The molecule has 110 valence electrons. The van der Waals surface area contributed by atoms with Gasteiger partial charge in [-0.15, -0.1) is 0 Å². The SMILES string of the molecule is NC(=O)N1CCc2nn3c(c2C1(F)F)CCCC(O)C3. The van der Waals surface area contributed by atoms with E-state index in [4.69, 9.17) is 5.73 Å². The molecule has 2 aliphatic heterocycles. The van der Waals surface area contributed by atoms with E-state index < -0.39 is 18.2 Å². The quantitative estimate of drug-likeness (QED) is 0.684. The largest absolute Gasteiger partial charge is 0.391 e. The van der Waals surface area contributed by atoms with Crippen LogP contribution in [0.15, 0.2) is 0 Å². The van der Waals surface area contributed by atoms with Crippen LogP contribution >= 0.6 is 0 Å². The second kappa shape index (κ2) is 4.41. The Kier molecular flexibility index (Phi) is 2.93. The van der Waals surface area contributed by atoms with Crippen LogP contribution in [0.3, 0.4) is 0 Å². The van der Waals surface area contributed by atoms with Crippen molar-refractivity contribution < 1.29 is 18.7 Å². The highest BCUT2D eigenvalue weighted by Gasteiger charge is 2.50. The third kappa shape index (κ3) is 1.86. The van der Waals surface area contributed by atoms with Crippen LogP contribution in [0.5, 0.6) is 0 Å².